The summed E-state index contributed by atoms with van der Waals surface area (Å²) in [7, 11) is 0. The molecule has 1 amide bonds. The lowest BCUT2D eigenvalue weighted by Gasteiger charge is -2.03. The van der Waals surface area contributed by atoms with E-state index in [0.717, 1.165) is 0 Å². The van der Waals surface area contributed by atoms with Crippen molar-refractivity contribution in [2.45, 2.75) is 10.8 Å². The largest absolute Gasteiger partial charge is 0.326 e. The summed E-state index contributed by atoms with van der Waals surface area (Å²) >= 11 is 2.60. The maximum absolute atomic E-state index is 13.1. The van der Waals surface area contributed by atoms with Crippen molar-refractivity contribution in [2.75, 3.05) is 11.1 Å². The third-order valence-electron chi connectivity index (χ3n) is 3.47. The summed E-state index contributed by atoms with van der Waals surface area (Å²) in [5, 5.41) is 4.36. The van der Waals surface area contributed by atoms with Crippen LogP contribution in [0.1, 0.15) is 16.1 Å². The van der Waals surface area contributed by atoms with Crippen molar-refractivity contribution in [3.63, 3.8) is 0 Å². The van der Waals surface area contributed by atoms with Gasteiger partial charge in [0.15, 0.2) is 10.1 Å². The number of thiazole rings is 1. The summed E-state index contributed by atoms with van der Waals surface area (Å²) in [6.07, 6.45) is 0.0550. The molecule has 0 spiro atoms. The molecular formula is C19H14F2N2O2S2. The Hall–Kier alpha value is -2.58. The second kappa shape index (κ2) is 8.88. The Kier molecular flexibility index (Phi) is 6.31. The summed E-state index contributed by atoms with van der Waals surface area (Å²) in [6, 6.07) is 11.0. The number of nitrogens with one attached hydrogen (secondary N) is 1. The Morgan fingerprint density at radius 1 is 1.07 bits per heavy atom. The molecular weight excluding hydrogens is 390 g/mol. The molecule has 0 fully saturated rings. The molecule has 0 unspecified atom stereocenters. The van der Waals surface area contributed by atoms with Gasteiger partial charge in [0.05, 0.1) is 17.9 Å². The summed E-state index contributed by atoms with van der Waals surface area (Å²) in [6.45, 7) is 0. The van der Waals surface area contributed by atoms with Crippen LogP contribution in [0.25, 0.3) is 0 Å². The number of hydrogen-bond acceptors (Lipinski definition) is 5. The van der Waals surface area contributed by atoms with Gasteiger partial charge in [0.2, 0.25) is 5.91 Å². The average Bonchev–Trinajstić information content (AvgIpc) is 3.07. The highest BCUT2D eigenvalue weighted by atomic mass is 32.2. The number of anilines is 1. The van der Waals surface area contributed by atoms with Gasteiger partial charge in [-0.05, 0) is 42.5 Å². The van der Waals surface area contributed by atoms with Crippen LogP contribution in [0.3, 0.4) is 0 Å². The van der Waals surface area contributed by atoms with Crippen molar-refractivity contribution in [1.29, 1.82) is 0 Å². The van der Waals surface area contributed by atoms with Gasteiger partial charge in [0, 0.05) is 16.6 Å². The molecule has 8 heteroatoms. The first-order chi connectivity index (χ1) is 13.0. The molecule has 27 heavy (non-hydrogen) atoms. The van der Waals surface area contributed by atoms with Crippen LogP contribution >= 0.6 is 23.1 Å². The first-order valence-electron chi connectivity index (χ1n) is 7.91. The number of aromatic nitrogens is 1. The topological polar surface area (TPSA) is 59.1 Å². The van der Waals surface area contributed by atoms with Crippen LogP contribution in [0.15, 0.2) is 58.3 Å². The summed E-state index contributed by atoms with van der Waals surface area (Å²) in [5.74, 6) is -1.06. The zero-order chi connectivity index (χ0) is 19.2. The van der Waals surface area contributed by atoms with Crippen LogP contribution in [0.5, 0.6) is 0 Å². The minimum absolute atomic E-state index is 0.0550. The molecule has 1 aromatic heterocycles. The number of rotatable bonds is 7. The Morgan fingerprint density at radius 2 is 1.85 bits per heavy atom. The number of thioether (sulfide) groups is 1. The van der Waals surface area contributed by atoms with Crippen LogP contribution in [0.2, 0.25) is 0 Å². The third kappa shape index (κ3) is 5.70. The highest BCUT2D eigenvalue weighted by Crippen LogP contribution is 2.24. The molecule has 0 saturated carbocycles. The molecule has 0 aliphatic carbocycles. The quantitative estimate of drug-likeness (QED) is 0.463. The molecule has 2 aromatic carbocycles. The Bertz CT molecular complexity index is 958. The molecule has 4 nitrogen and oxygen atoms in total. The van der Waals surface area contributed by atoms with Gasteiger partial charge >= 0.3 is 0 Å². The van der Waals surface area contributed by atoms with Gasteiger partial charge in [0.1, 0.15) is 11.6 Å². The molecule has 0 aliphatic rings. The number of hydrogen-bond donors (Lipinski definition) is 1. The van der Waals surface area contributed by atoms with Crippen molar-refractivity contribution < 1.29 is 18.4 Å². The molecule has 1 N–H and O–H groups in total. The number of nitrogens with zero attached hydrogens (tertiary/aromatic N) is 1. The highest BCUT2D eigenvalue weighted by molar-refractivity contribution is 8.01. The van der Waals surface area contributed by atoms with Gasteiger partial charge in [-0.2, -0.15) is 0 Å². The first kappa shape index (κ1) is 19.2. The smallest absolute Gasteiger partial charge is 0.230 e. The predicted molar refractivity (Wildman–Crippen MR) is 102 cm³/mol. The van der Waals surface area contributed by atoms with Crippen molar-refractivity contribution in [2.24, 2.45) is 0 Å². The van der Waals surface area contributed by atoms with E-state index >= 15 is 0 Å². The number of halogens is 2. The lowest BCUT2D eigenvalue weighted by atomic mass is 10.1. The number of Topliss-reactive ketones (excluding diaryl/α,β-unsaturated/α-hetero) is 1. The summed E-state index contributed by atoms with van der Waals surface area (Å²) in [5.41, 5.74) is 1.40. The van der Waals surface area contributed by atoms with E-state index in [1.165, 1.54) is 65.6 Å². The summed E-state index contributed by atoms with van der Waals surface area (Å²) in [4.78, 5) is 28.4. The highest BCUT2D eigenvalue weighted by Gasteiger charge is 2.11. The standard InChI is InChI=1S/C19H14F2N2O2S2/c20-13-6-4-12(5-7-13)17(24)11-27-19-23-16(10-26-19)9-18(25)22-15-3-1-2-14(21)8-15/h1-8,10H,9,11H2,(H,22,25). The van der Waals surface area contributed by atoms with Crippen molar-refractivity contribution in [3.8, 4) is 0 Å². The molecule has 0 aliphatic heterocycles. The zero-order valence-electron chi connectivity index (χ0n) is 13.9. The van der Waals surface area contributed by atoms with Crippen LogP contribution in [-0.2, 0) is 11.2 Å². The second-order valence-electron chi connectivity index (χ2n) is 5.56. The summed E-state index contributed by atoms with van der Waals surface area (Å²) < 4.78 is 26.7. The van der Waals surface area contributed by atoms with E-state index in [2.05, 4.69) is 10.3 Å². The van der Waals surface area contributed by atoms with E-state index in [4.69, 9.17) is 0 Å². The Morgan fingerprint density at radius 3 is 2.59 bits per heavy atom. The fourth-order valence-electron chi connectivity index (χ4n) is 2.22. The number of carbonyl (C=O) groups excluding carboxylic acids is 2. The van der Waals surface area contributed by atoms with E-state index in [9.17, 15) is 18.4 Å². The van der Waals surface area contributed by atoms with Gasteiger partial charge in [-0.15, -0.1) is 11.3 Å². The molecule has 0 radical (unpaired) electrons. The van der Waals surface area contributed by atoms with Crippen LogP contribution in [0, 0.1) is 11.6 Å². The van der Waals surface area contributed by atoms with Crippen molar-refractivity contribution in [1.82, 2.24) is 4.98 Å². The van der Waals surface area contributed by atoms with Crippen molar-refractivity contribution in [3.05, 3.63) is 76.8 Å². The minimum atomic E-state index is -0.425. The first-order valence-corrected chi connectivity index (χ1v) is 9.77. The fraction of sp³-hybridized carbons (Fsp3) is 0.105. The predicted octanol–water partition coefficient (Wildman–Crippen LogP) is 4.58. The molecule has 3 aromatic rings. The van der Waals surface area contributed by atoms with E-state index in [1.54, 1.807) is 11.4 Å². The lowest BCUT2D eigenvalue weighted by molar-refractivity contribution is -0.115. The molecule has 138 valence electrons. The minimum Gasteiger partial charge on any atom is -0.326 e. The van der Waals surface area contributed by atoms with Gasteiger partial charge in [-0.1, -0.05) is 17.8 Å². The van der Waals surface area contributed by atoms with Crippen molar-refractivity contribution >= 4 is 40.5 Å². The van der Waals surface area contributed by atoms with Gasteiger partial charge in [-0.3, -0.25) is 9.59 Å². The number of carbonyl (C=O) groups is 2. The number of ketones is 1. The monoisotopic (exact) mass is 404 g/mol. The van der Waals surface area contributed by atoms with Gasteiger partial charge in [-0.25, -0.2) is 13.8 Å². The number of amides is 1. The molecule has 1 heterocycles. The van der Waals surface area contributed by atoms with E-state index < -0.39 is 5.82 Å². The Balaban J connectivity index is 1.51. The normalized spacial score (nSPS) is 10.6. The van der Waals surface area contributed by atoms with E-state index in [-0.39, 0.29) is 29.7 Å². The van der Waals surface area contributed by atoms with E-state index in [1.807, 2.05) is 0 Å². The molecule has 3 rings (SSSR count). The van der Waals surface area contributed by atoms with Crippen LogP contribution in [-0.4, -0.2) is 22.4 Å². The number of benzene rings is 2. The van der Waals surface area contributed by atoms with Gasteiger partial charge in [0.25, 0.3) is 0 Å². The van der Waals surface area contributed by atoms with Crippen LogP contribution < -0.4 is 5.32 Å². The molecule has 0 atom stereocenters. The SMILES string of the molecule is O=C(Cc1csc(SCC(=O)c2ccc(F)cc2)n1)Nc1cccc(F)c1. The maximum Gasteiger partial charge on any atom is 0.230 e. The second-order valence-corrected chi connectivity index (χ2v) is 7.64. The molecule has 0 saturated heterocycles. The van der Waals surface area contributed by atoms with Gasteiger partial charge < -0.3 is 5.32 Å². The molecule has 0 bridgehead atoms. The van der Waals surface area contributed by atoms with Crippen LogP contribution in [0.4, 0.5) is 14.5 Å². The maximum atomic E-state index is 13.1. The van der Waals surface area contributed by atoms with E-state index in [0.29, 0.717) is 21.3 Å². The lowest BCUT2D eigenvalue weighted by Crippen LogP contribution is -2.14. The third-order valence-corrected chi connectivity index (χ3v) is 5.54. The zero-order valence-corrected chi connectivity index (χ0v) is 15.6. The Labute approximate surface area is 162 Å². The average molecular weight is 404 g/mol. The fourth-order valence-corrected chi connectivity index (χ4v) is 3.96.